The molecule has 0 fully saturated rings. The molecule has 0 aliphatic carbocycles. The molecule has 0 aliphatic rings. The van der Waals surface area contributed by atoms with Crippen molar-refractivity contribution in [2.24, 2.45) is 0 Å². The molecule has 114 valence electrons. The summed E-state index contributed by atoms with van der Waals surface area (Å²) in [5.74, 6) is -0.118. The predicted molar refractivity (Wildman–Crippen MR) is 84.8 cm³/mol. The first-order chi connectivity index (χ1) is 9.99. The Labute approximate surface area is 126 Å². The summed E-state index contributed by atoms with van der Waals surface area (Å²) in [6.45, 7) is 2.33. The number of amides is 2. The molecule has 1 aromatic rings. The third kappa shape index (κ3) is 7.30. The standard InChI is InChI=1S/C17H24N2O2/c1-14(9-10-15-7-5-4-6-8-15)13-16(20)18-12-11-17(21)19(2)3/h4-8,13H,9-12H2,1-3H3,(H,18,20). The molecular formula is C17H24N2O2. The summed E-state index contributed by atoms with van der Waals surface area (Å²) in [6, 6.07) is 10.2. The van der Waals surface area contributed by atoms with E-state index in [0.717, 1.165) is 18.4 Å². The number of carbonyl (C=O) groups excluding carboxylic acids is 2. The van der Waals surface area contributed by atoms with E-state index >= 15 is 0 Å². The van der Waals surface area contributed by atoms with Gasteiger partial charge < -0.3 is 10.2 Å². The Bertz CT molecular complexity index is 493. The van der Waals surface area contributed by atoms with E-state index in [1.54, 1.807) is 20.2 Å². The van der Waals surface area contributed by atoms with Gasteiger partial charge in [0.15, 0.2) is 0 Å². The predicted octanol–water partition coefficient (Wildman–Crippen LogP) is 2.16. The van der Waals surface area contributed by atoms with Crippen molar-refractivity contribution in [3.8, 4) is 0 Å². The largest absolute Gasteiger partial charge is 0.352 e. The molecular weight excluding hydrogens is 264 g/mol. The minimum atomic E-state index is -0.132. The van der Waals surface area contributed by atoms with Crippen LogP contribution in [-0.4, -0.2) is 37.4 Å². The molecule has 0 unspecified atom stereocenters. The molecule has 0 heterocycles. The number of allylic oxidation sites excluding steroid dienone is 1. The van der Waals surface area contributed by atoms with Crippen LogP contribution in [0.3, 0.4) is 0 Å². The van der Waals surface area contributed by atoms with Crippen molar-refractivity contribution < 1.29 is 9.59 Å². The molecule has 2 amide bonds. The van der Waals surface area contributed by atoms with Crippen molar-refractivity contribution in [1.82, 2.24) is 10.2 Å². The van der Waals surface area contributed by atoms with Gasteiger partial charge in [0.1, 0.15) is 0 Å². The third-order valence-electron chi connectivity index (χ3n) is 3.17. The van der Waals surface area contributed by atoms with Crippen molar-refractivity contribution in [2.45, 2.75) is 26.2 Å². The lowest BCUT2D eigenvalue weighted by molar-refractivity contribution is -0.128. The fourth-order valence-electron chi connectivity index (χ4n) is 1.85. The van der Waals surface area contributed by atoms with E-state index in [1.807, 2.05) is 25.1 Å². The van der Waals surface area contributed by atoms with Gasteiger partial charge >= 0.3 is 0 Å². The van der Waals surface area contributed by atoms with Crippen molar-refractivity contribution in [2.75, 3.05) is 20.6 Å². The van der Waals surface area contributed by atoms with Crippen LogP contribution in [0.2, 0.25) is 0 Å². The number of aryl methyl sites for hydroxylation is 1. The minimum absolute atomic E-state index is 0.0140. The quantitative estimate of drug-likeness (QED) is 0.782. The van der Waals surface area contributed by atoms with Gasteiger partial charge in [0.2, 0.25) is 11.8 Å². The smallest absolute Gasteiger partial charge is 0.243 e. The Morgan fingerprint density at radius 3 is 2.43 bits per heavy atom. The maximum absolute atomic E-state index is 11.7. The first-order valence-electron chi connectivity index (χ1n) is 7.18. The molecule has 1 aromatic carbocycles. The van der Waals surface area contributed by atoms with Crippen molar-refractivity contribution in [3.05, 3.63) is 47.5 Å². The number of rotatable bonds is 7. The van der Waals surface area contributed by atoms with Crippen LogP contribution in [0.5, 0.6) is 0 Å². The molecule has 0 spiro atoms. The lowest BCUT2D eigenvalue weighted by Crippen LogP contribution is -2.29. The van der Waals surface area contributed by atoms with Crippen LogP contribution in [0, 0.1) is 0 Å². The SMILES string of the molecule is CC(=CC(=O)NCCC(=O)N(C)C)CCc1ccccc1. The highest BCUT2D eigenvalue weighted by Gasteiger charge is 2.04. The molecule has 0 atom stereocenters. The van der Waals surface area contributed by atoms with E-state index in [2.05, 4.69) is 17.4 Å². The Hall–Kier alpha value is -2.10. The summed E-state index contributed by atoms with van der Waals surface area (Å²) in [7, 11) is 3.41. The van der Waals surface area contributed by atoms with E-state index in [0.29, 0.717) is 13.0 Å². The van der Waals surface area contributed by atoms with Crippen LogP contribution < -0.4 is 5.32 Å². The number of carbonyl (C=O) groups is 2. The molecule has 0 radical (unpaired) electrons. The highest BCUT2D eigenvalue weighted by molar-refractivity contribution is 5.88. The van der Waals surface area contributed by atoms with Gasteiger partial charge in [-0.1, -0.05) is 35.9 Å². The Balaban J connectivity index is 2.29. The highest BCUT2D eigenvalue weighted by Crippen LogP contribution is 2.08. The minimum Gasteiger partial charge on any atom is -0.352 e. The normalized spacial score (nSPS) is 11.1. The fraction of sp³-hybridized carbons (Fsp3) is 0.412. The molecule has 1 rings (SSSR count). The van der Waals surface area contributed by atoms with Crippen LogP contribution in [0.1, 0.15) is 25.3 Å². The van der Waals surface area contributed by atoms with Crippen LogP contribution in [0.15, 0.2) is 42.0 Å². The summed E-state index contributed by atoms with van der Waals surface area (Å²) in [5.41, 5.74) is 2.30. The molecule has 0 aromatic heterocycles. The van der Waals surface area contributed by atoms with E-state index in [-0.39, 0.29) is 11.8 Å². The van der Waals surface area contributed by atoms with Crippen LogP contribution >= 0.6 is 0 Å². The summed E-state index contributed by atoms with van der Waals surface area (Å²) < 4.78 is 0. The summed E-state index contributed by atoms with van der Waals surface area (Å²) in [4.78, 5) is 24.6. The van der Waals surface area contributed by atoms with Gasteiger partial charge in [0.05, 0.1) is 0 Å². The van der Waals surface area contributed by atoms with Gasteiger partial charge in [0.25, 0.3) is 0 Å². The molecule has 21 heavy (non-hydrogen) atoms. The average molecular weight is 288 g/mol. The zero-order chi connectivity index (χ0) is 15.7. The average Bonchev–Trinajstić information content (AvgIpc) is 2.46. The van der Waals surface area contributed by atoms with Crippen molar-refractivity contribution in [3.63, 3.8) is 0 Å². The van der Waals surface area contributed by atoms with Gasteiger partial charge in [-0.15, -0.1) is 0 Å². The van der Waals surface area contributed by atoms with Crippen molar-refractivity contribution >= 4 is 11.8 Å². The molecule has 0 aliphatic heterocycles. The highest BCUT2D eigenvalue weighted by atomic mass is 16.2. The zero-order valence-electron chi connectivity index (χ0n) is 13.1. The topological polar surface area (TPSA) is 49.4 Å². The summed E-state index contributed by atoms with van der Waals surface area (Å²) in [5, 5.41) is 2.73. The van der Waals surface area contributed by atoms with E-state index in [4.69, 9.17) is 0 Å². The van der Waals surface area contributed by atoms with E-state index in [1.165, 1.54) is 10.5 Å². The van der Waals surface area contributed by atoms with Gasteiger partial charge in [-0.05, 0) is 25.3 Å². The Morgan fingerprint density at radius 2 is 1.81 bits per heavy atom. The van der Waals surface area contributed by atoms with Crippen LogP contribution in [0.4, 0.5) is 0 Å². The van der Waals surface area contributed by atoms with E-state index < -0.39 is 0 Å². The van der Waals surface area contributed by atoms with Gasteiger partial charge in [-0.2, -0.15) is 0 Å². The zero-order valence-corrected chi connectivity index (χ0v) is 13.1. The second kappa shape index (κ2) is 8.95. The third-order valence-corrected chi connectivity index (χ3v) is 3.17. The first kappa shape index (κ1) is 17.0. The van der Waals surface area contributed by atoms with E-state index in [9.17, 15) is 9.59 Å². The number of hydrogen-bond donors (Lipinski definition) is 1. The molecule has 0 saturated carbocycles. The lowest BCUT2D eigenvalue weighted by atomic mass is 10.1. The van der Waals surface area contributed by atoms with Crippen LogP contribution in [0.25, 0.3) is 0 Å². The van der Waals surface area contributed by atoms with Gasteiger partial charge in [0, 0.05) is 33.1 Å². The molecule has 0 saturated heterocycles. The lowest BCUT2D eigenvalue weighted by Gasteiger charge is -2.10. The molecule has 1 N–H and O–H groups in total. The molecule has 0 bridgehead atoms. The number of nitrogens with one attached hydrogen (secondary N) is 1. The summed E-state index contributed by atoms with van der Waals surface area (Å²) >= 11 is 0. The Kier molecular flexibility index (Phi) is 7.23. The Morgan fingerprint density at radius 1 is 1.14 bits per heavy atom. The summed E-state index contributed by atoms with van der Waals surface area (Å²) in [6.07, 6.45) is 3.72. The second-order valence-electron chi connectivity index (χ2n) is 5.31. The van der Waals surface area contributed by atoms with Crippen LogP contribution in [-0.2, 0) is 16.0 Å². The maximum Gasteiger partial charge on any atom is 0.243 e. The van der Waals surface area contributed by atoms with Gasteiger partial charge in [-0.25, -0.2) is 0 Å². The monoisotopic (exact) mass is 288 g/mol. The second-order valence-corrected chi connectivity index (χ2v) is 5.31. The van der Waals surface area contributed by atoms with Gasteiger partial charge in [-0.3, -0.25) is 9.59 Å². The van der Waals surface area contributed by atoms with Crippen molar-refractivity contribution in [1.29, 1.82) is 0 Å². The maximum atomic E-state index is 11.7. The fourth-order valence-corrected chi connectivity index (χ4v) is 1.85. The number of benzene rings is 1. The molecule has 4 nitrogen and oxygen atoms in total. The first-order valence-corrected chi connectivity index (χ1v) is 7.18. The number of nitrogens with zero attached hydrogens (tertiary/aromatic N) is 1. The number of hydrogen-bond acceptors (Lipinski definition) is 2. The molecule has 4 heteroatoms.